The number of hydrogen-bond acceptors (Lipinski definition) is 7. The zero-order chi connectivity index (χ0) is 30.8. The topological polar surface area (TPSA) is 127 Å². The molecular formula is C31H39N3O7S. The molecule has 2 N–H and O–H groups in total. The predicted molar refractivity (Wildman–Crippen MR) is 164 cm³/mol. The van der Waals surface area contributed by atoms with Crippen LogP contribution in [-0.2, 0) is 36.6 Å². The third-order valence-electron chi connectivity index (χ3n) is 6.85. The second kappa shape index (κ2) is 12.2. The molecule has 0 fully saturated rings. The maximum absolute atomic E-state index is 13.9. The van der Waals surface area contributed by atoms with Crippen molar-refractivity contribution in [2.45, 2.75) is 59.2 Å². The molecule has 0 saturated carbocycles. The minimum Gasteiger partial charge on any atom is -0.499 e. The van der Waals surface area contributed by atoms with E-state index in [9.17, 15) is 18.0 Å². The van der Waals surface area contributed by atoms with Gasteiger partial charge in [-0.3, -0.25) is 8.98 Å². The standard InChI is InChI=1S/C31H39N3O7S/c1-8-26-21(9-11-39-12-10-32-30(36)40-31(4,5)6)16-27(33-26)29(35)34-18-22(41-42(7,37)38)17-25-24-14-19(2)13-23(24)20(3)15-28(25)34/h8-9,11,14-16,22,33H,1,10,12-13,17-18H2,2-7H3,(H,32,36)/b11-9+/t22-/m0/s1. The van der Waals surface area contributed by atoms with Gasteiger partial charge >= 0.3 is 6.09 Å². The van der Waals surface area contributed by atoms with Crippen molar-refractivity contribution >= 4 is 46.0 Å². The van der Waals surface area contributed by atoms with Gasteiger partial charge in [0, 0.05) is 23.4 Å². The van der Waals surface area contributed by atoms with Gasteiger partial charge in [0.25, 0.3) is 16.0 Å². The molecule has 0 spiro atoms. The van der Waals surface area contributed by atoms with Crippen molar-refractivity contribution in [2.24, 2.45) is 0 Å². The SMILES string of the molecule is C=Cc1[nH]c(C(=O)N2C[C@@H](OS(C)(=O)=O)Cc3c2cc(C)c2c3C=C(C)C2)cc1/C=C/OCCNC(=O)OC(C)(C)C. The van der Waals surface area contributed by atoms with Gasteiger partial charge in [-0.15, -0.1) is 0 Å². The summed E-state index contributed by atoms with van der Waals surface area (Å²) in [6.07, 6.45) is 7.89. The van der Waals surface area contributed by atoms with Crippen molar-refractivity contribution in [3.63, 3.8) is 0 Å². The van der Waals surface area contributed by atoms with Crippen molar-refractivity contribution in [3.8, 4) is 0 Å². The quantitative estimate of drug-likeness (QED) is 0.237. The van der Waals surface area contributed by atoms with Gasteiger partial charge < -0.3 is 24.7 Å². The summed E-state index contributed by atoms with van der Waals surface area (Å²) >= 11 is 0. The van der Waals surface area contributed by atoms with E-state index in [1.54, 1.807) is 43.9 Å². The monoisotopic (exact) mass is 597 g/mol. The second-order valence-corrected chi connectivity index (χ2v) is 13.3. The number of amides is 2. The molecule has 0 saturated heterocycles. The van der Waals surface area contributed by atoms with E-state index in [4.69, 9.17) is 13.7 Å². The Bertz CT molecular complexity index is 1560. The number of fused-ring (bicyclic) bond motifs is 3. The van der Waals surface area contributed by atoms with E-state index in [-0.39, 0.29) is 25.6 Å². The molecule has 1 atom stereocenters. The molecule has 1 aliphatic heterocycles. The van der Waals surface area contributed by atoms with Crippen LogP contribution in [0, 0.1) is 6.92 Å². The summed E-state index contributed by atoms with van der Waals surface area (Å²) in [5, 5.41) is 2.62. The fourth-order valence-electron chi connectivity index (χ4n) is 5.22. The number of carbonyl (C=O) groups is 2. The Morgan fingerprint density at radius 2 is 1.95 bits per heavy atom. The Labute approximate surface area is 247 Å². The van der Waals surface area contributed by atoms with Crippen LogP contribution in [0.15, 0.2) is 30.5 Å². The van der Waals surface area contributed by atoms with Crippen LogP contribution in [0.1, 0.15) is 71.7 Å². The average molecular weight is 598 g/mol. The van der Waals surface area contributed by atoms with Gasteiger partial charge in [0.2, 0.25) is 0 Å². The molecule has 1 aliphatic carbocycles. The number of ether oxygens (including phenoxy) is 2. The summed E-state index contributed by atoms with van der Waals surface area (Å²) < 4.78 is 40.2. The average Bonchev–Trinajstić information content (AvgIpc) is 3.47. The first-order valence-electron chi connectivity index (χ1n) is 13.8. The molecule has 1 aromatic carbocycles. The van der Waals surface area contributed by atoms with Crippen LogP contribution in [0.25, 0.3) is 18.2 Å². The van der Waals surface area contributed by atoms with E-state index in [1.807, 2.05) is 13.0 Å². The highest BCUT2D eigenvalue weighted by Crippen LogP contribution is 2.40. The van der Waals surface area contributed by atoms with Gasteiger partial charge in [-0.05, 0) is 87.6 Å². The summed E-state index contributed by atoms with van der Waals surface area (Å²) in [6, 6.07) is 3.70. The number of alkyl carbamates (subject to hydrolysis) is 1. The maximum atomic E-state index is 13.9. The number of aromatic amines is 1. The van der Waals surface area contributed by atoms with Gasteiger partial charge in [0.15, 0.2) is 0 Å². The van der Waals surface area contributed by atoms with E-state index in [0.717, 1.165) is 35.1 Å². The Hall–Kier alpha value is -3.83. The number of anilines is 1. The maximum Gasteiger partial charge on any atom is 0.407 e. The summed E-state index contributed by atoms with van der Waals surface area (Å²) in [4.78, 5) is 30.4. The molecule has 226 valence electrons. The Kier molecular flexibility index (Phi) is 9.03. The highest BCUT2D eigenvalue weighted by atomic mass is 32.2. The van der Waals surface area contributed by atoms with Gasteiger partial charge in [0.05, 0.1) is 31.7 Å². The van der Waals surface area contributed by atoms with Crippen LogP contribution in [0.3, 0.4) is 0 Å². The minimum atomic E-state index is -3.74. The first kappa shape index (κ1) is 31.1. The summed E-state index contributed by atoms with van der Waals surface area (Å²) in [5.41, 5.74) is 7.22. The molecule has 10 nitrogen and oxygen atoms in total. The van der Waals surface area contributed by atoms with E-state index in [2.05, 4.69) is 29.9 Å². The number of hydrogen-bond donors (Lipinski definition) is 2. The van der Waals surface area contributed by atoms with Gasteiger partial charge in [-0.2, -0.15) is 8.42 Å². The van der Waals surface area contributed by atoms with E-state index < -0.39 is 27.9 Å². The summed E-state index contributed by atoms with van der Waals surface area (Å²) in [7, 11) is -3.74. The molecule has 11 heteroatoms. The first-order valence-corrected chi connectivity index (χ1v) is 15.6. The molecule has 0 unspecified atom stereocenters. The van der Waals surface area contributed by atoms with Crippen molar-refractivity contribution < 1.29 is 31.7 Å². The minimum absolute atomic E-state index is 0.0845. The molecule has 0 radical (unpaired) electrons. The third kappa shape index (κ3) is 7.51. The molecule has 2 heterocycles. The van der Waals surface area contributed by atoms with Crippen LogP contribution in [0.2, 0.25) is 0 Å². The van der Waals surface area contributed by atoms with E-state index in [1.165, 1.54) is 17.4 Å². The molecule has 1 aromatic heterocycles. The molecule has 4 rings (SSSR count). The molecule has 42 heavy (non-hydrogen) atoms. The lowest BCUT2D eigenvalue weighted by atomic mass is 9.90. The van der Waals surface area contributed by atoms with Crippen LogP contribution in [0.5, 0.6) is 0 Å². The summed E-state index contributed by atoms with van der Waals surface area (Å²) in [6.45, 7) is 13.9. The first-order chi connectivity index (χ1) is 19.6. The van der Waals surface area contributed by atoms with Crippen LogP contribution >= 0.6 is 0 Å². The number of carbonyl (C=O) groups excluding carboxylic acids is 2. The number of aryl methyl sites for hydroxylation is 1. The Morgan fingerprint density at radius 1 is 1.21 bits per heavy atom. The van der Waals surface area contributed by atoms with E-state index in [0.29, 0.717) is 23.4 Å². The van der Waals surface area contributed by atoms with E-state index >= 15 is 0 Å². The number of benzene rings is 1. The molecule has 2 amide bonds. The number of H-pyrrole nitrogens is 1. The number of allylic oxidation sites excluding steroid dienone is 1. The van der Waals surface area contributed by atoms with Crippen molar-refractivity contribution in [2.75, 3.05) is 30.9 Å². The number of nitrogens with zero attached hydrogens (tertiary/aromatic N) is 1. The molecule has 0 bridgehead atoms. The van der Waals surface area contributed by atoms with Crippen LogP contribution in [0.4, 0.5) is 10.5 Å². The lowest BCUT2D eigenvalue weighted by molar-refractivity contribution is 0.0516. The van der Waals surface area contributed by atoms with Crippen molar-refractivity contribution in [1.29, 1.82) is 0 Å². The number of nitrogens with one attached hydrogen (secondary N) is 2. The zero-order valence-corrected chi connectivity index (χ0v) is 25.8. The third-order valence-corrected chi connectivity index (χ3v) is 7.47. The lowest BCUT2D eigenvalue weighted by Gasteiger charge is -2.35. The zero-order valence-electron chi connectivity index (χ0n) is 25.0. The smallest absolute Gasteiger partial charge is 0.407 e. The largest absolute Gasteiger partial charge is 0.499 e. The van der Waals surface area contributed by atoms with Gasteiger partial charge in [0.1, 0.15) is 17.9 Å². The normalized spacial score (nSPS) is 16.6. The summed E-state index contributed by atoms with van der Waals surface area (Å²) in [5.74, 6) is -0.318. The fraction of sp³-hybridized carbons (Fsp3) is 0.419. The Morgan fingerprint density at radius 3 is 2.62 bits per heavy atom. The molecule has 2 aromatic rings. The van der Waals surface area contributed by atoms with Gasteiger partial charge in [-0.25, -0.2) is 4.79 Å². The van der Waals surface area contributed by atoms with Crippen molar-refractivity contribution in [1.82, 2.24) is 10.3 Å². The molecular weight excluding hydrogens is 558 g/mol. The van der Waals surface area contributed by atoms with Gasteiger partial charge in [-0.1, -0.05) is 18.2 Å². The highest BCUT2D eigenvalue weighted by molar-refractivity contribution is 7.86. The Balaban J connectivity index is 1.53. The van der Waals surface area contributed by atoms with Crippen LogP contribution < -0.4 is 10.2 Å². The highest BCUT2D eigenvalue weighted by Gasteiger charge is 2.35. The fourth-order valence-corrected chi connectivity index (χ4v) is 5.84. The lowest BCUT2D eigenvalue weighted by Crippen LogP contribution is -2.44. The molecule has 2 aliphatic rings. The second-order valence-electron chi connectivity index (χ2n) is 11.7. The predicted octanol–water partition coefficient (Wildman–Crippen LogP) is 4.99. The van der Waals surface area contributed by atoms with Crippen molar-refractivity contribution in [3.05, 3.63) is 69.8 Å². The number of rotatable bonds is 9. The van der Waals surface area contributed by atoms with Crippen LogP contribution in [-0.4, -0.2) is 63.1 Å². The number of aromatic nitrogens is 1.